The number of carbonyl (C=O) groups is 1. The molecule has 1 aromatic carbocycles. The summed E-state index contributed by atoms with van der Waals surface area (Å²) in [7, 11) is 0. The number of anilines is 1. The molecule has 0 saturated heterocycles. The van der Waals surface area contributed by atoms with Crippen molar-refractivity contribution in [2.24, 2.45) is 0 Å². The number of amides is 1. The van der Waals surface area contributed by atoms with Crippen LogP contribution in [0.3, 0.4) is 0 Å². The van der Waals surface area contributed by atoms with E-state index in [1.165, 1.54) is 16.9 Å². The van der Waals surface area contributed by atoms with Crippen molar-refractivity contribution in [3.05, 3.63) is 52.7 Å². The lowest BCUT2D eigenvalue weighted by Gasteiger charge is -1.96. The Morgan fingerprint density at radius 2 is 2.00 bits per heavy atom. The fourth-order valence-corrected chi connectivity index (χ4v) is 2.50. The van der Waals surface area contributed by atoms with E-state index in [0.29, 0.717) is 10.8 Å². The second-order valence-electron chi connectivity index (χ2n) is 4.69. The molecule has 2 aromatic heterocycles. The quantitative estimate of drug-likeness (QED) is 0.801. The Hall–Kier alpha value is -2.47. The van der Waals surface area contributed by atoms with Crippen LogP contribution >= 0.6 is 11.3 Å². The Labute approximate surface area is 125 Å². The van der Waals surface area contributed by atoms with Crippen molar-refractivity contribution >= 4 is 22.4 Å². The summed E-state index contributed by atoms with van der Waals surface area (Å²) < 4.78 is 5.10. The van der Waals surface area contributed by atoms with Crippen LogP contribution in [-0.4, -0.2) is 16.0 Å². The molecule has 0 aliphatic heterocycles. The van der Waals surface area contributed by atoms with E-state index in [2.05, 4.69) is 15.5 Å². The highest BCUT2D eigenvalue weighted by Gasteiger charge is 2.15. The minimum atomic E-state index is -0.352. The number of nitrogens with one attached hydrogen (secondary N) is 1. The summed E-state index contributed by atoms with van der Waals surface area (Å²) in [4.78, 5) is 16.2. The Bertz CT molecular complexity index is 774. The van der Waals surface area contributed by atoms with Crippen molar-refractivity contribution in [2.75, 3.05) is 5.32 Å². The number of thiazole rings is 1. The van der Waals surface area contributed by atoms with E-state index >= 15 is 0 Å². The summed E-state index contributed by atoms with van der Waals surface area (Å²) in [6.07, 6.45) is 0. The molecular weight excluding hydrogens is 286 g/mol. The van der Waals surface area contributed by atoms with Gasteiger partial charge >= 0.3 is 0 Å². The van der Waals surface area contributed by atoms with Gasteiger partial charge in [0.1, 0.15) is 5.69 Å². The molecule has 0 saturated carbocycles. The minimum Gasteiger partial charge on any atom is -0.350 e. The summed E-state index contributed by atoms with van der Waals surface area (Å²) >= 11 is 1.37. The van der Waals surface area contributed by atoms with Crippen LogP contribution in [0.5, 0.6) is 0 Å². The number of hydrogen-bond donors (Lipinski definition) is 1. The van der Waals surface area contributed by atoms with Crippen molar-refractivity contribution in [1.29, 1.82) is 0 Å². The maximum atomic E-state index is 12.0. The smallest absolute Gasteiger partial charge is 0.296 e. The van der Waals surface area contributed by atoms with Crippen LogP contribution in [0.1, 0.15) is 21.8 Å². The zero-order valence-corrected chi connectivity index (χ0v) is 12.4. The van der Waals surface area contributed by atoms with Crippen LogP contribution in [0.4, 0.5) is 5.13 Å². The molecule has 106 valence electrons. The molecule has 5 nitrogen and oxygen atoms in total. The van der Waals surface area contributed by atoms with Crippen LogP contribution in [0.2, 0.25) is 0 Å². The van der Waals surface area contributed by atoms with Crippen LogP contribution in [0, 0.1) is 13.8 Å². The standard InChI is InChI=1S/C15H13N3O2S/c1-9-3-5-11(6-4-9)12-7-13(20-18-12)14(19)17-15-16-10(2)8-21-15/h3-8H,1-2H3,(H,16,17,19). The first-order valence-corrected chi connectivity index (χ1v) is 7.27. The Balaban J connectivity index is 1.78. The number of hydrogen-bond acceptors (Lipinski definition) is 5. The fraction of sp³-hybridized carbons (Fsp3) is 0.133. The molecule has 3 rings (SSSR count). The predicted molar refractivity (Wildman–Crippen MR) is 81.5 cm³/mol. The SMILES string of the molecule is Cc1ccc(-c2cc(C(=O)Nc3nc(C)cs3)on2)cc1. The van der Waals surface area contributed by atoms with Crippen molar-refractivity contribution in [1.82, 2.24) is 10.1 Å². The average molecular weight is 299 g/mol. The number of aryl methyl sites for hydroxylation is 2. The number of benzene rings is 1. The van der Waals surface area contributed by atoms with Crippen LogP contribution in [0.15, 0.2) is 40.2 Å². The molecule has 6 heteroatoms. The first-order valence-electron chi connectivity index (χ1n) is 6.39. The normalized spacial score (nSPS) is 10.6. The molecule has 0 aliphatic rings. The highest BCUT2D eigenvalue weighted by Crippen LogP contribution is 2.21. The van der Waals surface area contributed by atoms with Gasteiger partial charge in [0.15, 0.2) is 5.13 Å². The van der Waals surface area contributed by atoms with Gasteiger partial charge in [-0.25, -0.2) is 4.98 Å². The van der Waals surface area contributed by atoms with E-state index in [1.807, 2.05) is 43.5 Å². The van der Waals surface area contributed by atoms with Gasteiger partial charge in [-0.3, -0.25) is 10.1 Å². The van der Waals surface area contributed by atoms with Crippen molar-refractivity contribution < 1.29 is 9.32 Å². The molecule has 0 unspecified atom stereocenters. The Morgan fingerprint density at radius 3 is 2.67 bits per heavy atom. The molecule has 1 N–H and O–H groups in total. The van der Waals surface area contributed by atoms with E-state index in [1.54, 1.807) is 6.07 Å². The molecular formula is C15H13N3O2S. The van der Waals surface area contributed by atoms with Crippen LogP contribution in [-0.2, 0) is 0 Å². The summed E-state index contributed by atoms with van der Waals surface area (Å²) in [5.41, 5.74) is 3.58. The number of nitrogens with zero attached hydrogens (tertiary/aromatic N) is 2. The van der Waals surface area contributed by atoms with Crippen molar-refractivity contribution in [2.45, 2.75) is 13.8 Å². The van der Waals surface area contributed by atoms with Crippen molar-refractivity contribution in [3.8, 4) is 11.3 Å². The van der Waals surface area contributed by atoms with Crippen LogP contribution < -0.4 is 5.32 Å². The second kappa shape index (κ2) is 5.49. The number of carbonyl (C=O) groups excluding carboxylic acids is 1. The van der Waals surface area contributed by atoms with E-state index in [-0.39, 0.29) is 11.7 Å². The Kier molecular flexibility index (Phi) is 3.53. The third-order valence-corrected chi connectivity index (χ3v) is 3.80. The van der Waals surface area contributed by atoms with Crippen LogP contribution in [0.25, 0.3) is 11.3 Å². The molecule has 1 amide bonds. The average Bonchev–Trinajstić information content (AvgIpc) is 3.09. The monoisotopic (exact) mass is 299 g/mol. The largest absolute Gasteiger partial charge is 0.350 e. The molecule has 0 bridgehead atoms. The van der Waals surface area contributed by atoms with Crippen molar-refractivity contribution in [3.63, 3.8) is 0 Å². The summed E-state index contributed by atoms with van der Waals surface area (Å²) in [6, 6.07) is 9.49. The first-order chi connectivity index (χ1) is 10.1. The molecule has 2 heterocycles. The minimum absolute atomic E-state index is 0.165. The van der Waals surface area contributed by atoms with Gasteiger partial charge in [0.05, 0.1) is 5.69 Å². The third-order valence-electron chi connectivity index (χ3n) is 2.92. The second-order valence-corrected chi connectivity index (χ2v) is 5.55. The van der Waals surface area contributed by atoms with E-state index in [0.717, 1.165) is 11.3 Å². The summed E-state index contributed by atoms with van der Waals surface area (Å²) in [6.45, 7) is 3.89. The fourth-order valence-electron chi connectivity index (χ4n) is 1.81. The topological polar surface area (TPSA) is 68.0 Å². The molecule has 3 aromatic rings. The van der Waals surface area contributed by atoms with Gasteiger partial charge in [-0.2, -0.15) is 0 Å². The summed E-state index contributed by atoms with van der Waals surface area (Å²) in [5.74, 6) is -0.186. The van der Waals surface area contributed by atoms with E-state index < -0.39 is 0 Å². The maximum Gasteiger partial charge on any atom is 0.296 e. The van der Waals surface area contributed by atoms with Gasteiger partial charge in [0, 0.05) is 17.0 Å². The van der Waals surface area contributed by atoms with E-state index in [9.17, 15) is 4.79 Å². The van der Waals surface area contributed by atoms with Gasteiger partial charge in [-0.1, -0.05) is 35.0 Å². The molecule has 0 atom stereocenters. The maximum absolute atomic E-state index is 12.0. The highest BCUT2D eigenvalue weighted by molar-refractivity contribution is 7.13. The van der Waals surface area contributed by atoms with E-state index in [4.69, 9.17) is 4.52 Å². The zero-order valence-electron chi connectivity index (χ0n) is 11.6. The highest BCUT2D eigenvalue weighted by atomic mass is 32.1. The van der Waals surface area contributed by atoms with Gasteiger partial charge in [0.2, 0.25) is 5.76 Å². The lowest BCUT2D eigenvalue weighted by Crippen LogP contribution is -2.10. The molecule has 0 aliphatic carbocycles. The summed E-state index contributed by atoms with van der Waals surface area (Å²) in [5, 5.41) is 9.03. The third kappa shape index (κ3) is 3.00. The Morgan fingerprint density at radius 1 is 1.24 bits per heavy atom. The molecule has 0 radical (unpaired) electrons. The molecule has 0 spiro atoms. The first kappa shape index (κ1) is 13.5. The lowest BCUT2D eigenvalue weighted by atomic mass is 10.1. The molecule has 0 fully saturated rings. The molecule has 21 heavy (non-hydrogen) atoms. The number of rotatable bonds is 3. The number of aromatic nitrogens is 2. The van der Waals surface area contributed by atoms with Gasteiger partial charge in [0.25, 0.3) is 5.91 Å². The lowest BCUT2D eigenvalue weighted by molar-refractivity contribution is 0.0988. The van der Waals surface area contributed by atoms with Gasteiger partial charge < -0.3 is 4.52 Å². The van der Waals surface area contributed by atoms with Gasteiger partial charge in [-0.15, -0.1) is 11.3 Å². The van der Waals surface area contributed by atoms with Gasteiger partial charge in [-0.05, 0) is 13.8 Å². The predicted octanol–water partition coefficient (Wildman–Crippen LogP) is 3.67. The zero-order chi connectivity index (χ0) is 14.8.